The zero-order valence-corrected chi connectivity index (χ0v) is 18.9. The highest BCUT2D eigenvalue weighted by Crippen LogP contribution is 2.52. The van der Waals surface area contributed by atoms with Crippen LogP contribution in [0.5, 0.6) is 0 Å². The highest BCUT2D eigenvalue weighted by Gasteiger charge is 2.59. The lowest BCUT2D eigenvalue weighted by Gasteiger charge is -2.21. The third-order valence-electron chi connectivity index (χ3n) is 7.91. The maximum Gasteiger partial charge on any atom is 0.327 e. The monoisotopic (exact) mass is 464 g/mol. The lowest BCUT2D eigenvalue weighted by Crippen LogP contribution is -2.37. The van der Waals surface area contributed by atoms with E-state index in [4.69, 9.17) is 0 Å². The Hall–Kier alpha value is -2.23. The average molecular weight is 465 g/mol. The summed E-state index contributed by atoms with van der Waals surface area (Å²) >= 11 is 0. The van der Waals surface area contributed by atoms with Gasteiger partial charge in [0.1, 0.15) is 0 Å². The first-order valence-electron chi connectivity index (χ1n) is 11.2. The zero-order chi connectivity index (χ0) is 22.6. The molecule has 1 aromatic heterocycles. The van der Waals surface area contributed by atoms with Crippen LogP contribution in [0.2, 0.25) is 0 Å². The molecule has 6 rings (SSSR count). The summed E-state index contributed by atoms with van der Waals surface area (Å²) < 4.78 is 54.6. The third-order valence-corrected chi connectivity index (χ3v) is 9.68. The summed E-state index contributed by atoms with van der Waals surface area (Å²) in [7, 11) is -2.49. The van der Waals surface area contributed by atoms with Crippen molar-refractivity contribution in [3.63, 3.8) is 0 Å². The number of rotatable bonds is 4. The van der Waals surface area contributed by atoms with Gasteiger partial charge in [-0.15, -0.1) is 0 Å². The van der Waals surface area contributed by atoms with Crippen LogP contribution in [0.15, 0.2) is 18.2 Å². The molecule has 0 N–H and O–H groups in total. The number of fused-ring (bicyclic) bond motifs is 2. The summed E-state index contributed by atoms with van der Waals surface area (Å²) in [4.78, 5) is 19.3. The summed E-state index contributed by atoms with van der Waals surface area (Å²) in [5, 5.41) is 0. The first kappa shape index (κ1) is 20.4. The first-order chi connectivity index (χ1) is 15.0. The molecule has 1 amide bonds. The summed E-state index contributed by atoms with van der Waals surface area (Å²) in [5.74, 6) is -2.53. The van der Waals surface area contributed by atoms with Gasteiger partial charge in [-0.3, -0.25) is 4.79 Å². The van der Waals surface area contributed by atoms with Crippen molar-refractivity contribution in [3.05, 3.63) is 23.9 Å². The van der Waals surface area contributed by atoms with E-state index in [0.717, 1.165) is 46.5 Å². The number of allylic oxidation sites excluding steroid dienone is 1. The fourth-order valence-electron chi connectivity index (χ4n) is 5.34. The van der Waals surface area contributed by atoms with Crippen LogP contribution < -0.4 is 8.61 Å². The number of carbonyl (C=O) groups excluding carboxylic acids is 1. The summed E-state index contributed by atoms with van der Waals surface area (Å²) in [6, 6.07) is 3.46. The highest BCUT2D eigenvalue weighted by atomic mass is 32.2. The second-order valence-electron chi connectivity index (χ2n) is 10.3. The molecule has 0 radical (unpaired) electrons. The number of hydrogen-bond acceptors (Lipinski definition) is 4. The number of alkyl halides is 2. The lowest BCUT2D eigenvalue weighted by molar-refractivity contribution is -0.135. The zero-order valence-electron chi connectivity index (χ0n) is 18.1. The molecule has 3 unspecified atom stereocenters. The molecule has 5 aliphatic rings. The summed E-state index contributed by atoms with van der Waals surface area (Å²) in [5.41, 5.74) is 1.97. The second kappa shape index (κ2) is 6.21. The topological polar surface area (TPSA) is 73.8 Å². The van der Waals surface area contributed by atoms with Crippen LogP contribution in [0.25, 0.3) is 5.57 Å². The Balaban J connectivity index is 1.23. The van der Waals surface area contributed by atoms with Crippen molar-refractivity contribution in [2.24, 2.45) is 23.2 Å². The third kappa shape index (κ3) is 2.90. The number of amides is 1. The molecule has 2 aliphatic heterocycles. The largest absolute Gasteiger partial charge is 0.341 e. The fourth-order valence-corrected chi connectivity index (χ4v) is 6.75. The number of halogens is 2. The van der Waals surface area contributed by atoms with Crippen molar-refractivity contribution in [2.75, 3.05) is 35.3 Å². The molecule has 10 heteroatoms. The van der Waals surface area contributed by atoms with E-state index in [9.17, 15) is 22.0 Å². The van der Waals surface area contributed by atoms with E-state index in [2.05, 4.69) is 11.1 Å². The average Bonchev–Trinajstić information content (AvgIpc) is 3.45. The number of anilines is 2. The Morgan fingerprint density at radius 3 is 2.59 bits per heavy atom. The molecule has 32 heavy (non-hydrogen) atoms. The first-order valence-corrected chi connectivity index (χ1v) is 12.6. The molecule has 7 nitrogen and oxygen atoms in total. The highest BCUT2D eigenvalue weighted by molar-refractivity contribution is 7.94. The number of aromatic nitrogens is 1. The molecule has 2 saturated carbocycles. The van der Waals surface area contributed by atoms with E-state index in [1.54, 1.807) is 12.1 Å². The van der Waals surface area contributed by atoms with E-state index in [1.165, 1.54) is 7.05 Å². The molecule has 1 saturated heterocycles. The van der Waals surface area contributed by atoms with Crippen molar-refractivity contribution in [2.45, 2.75) is 38.5 Å². The van der Waals surface area contributed by atoms with Gasteiger partial charge >= 0.3 is 10.2 Å². The van der Waals surface area contributed by atoms with Crippen LogP contribution in [-0.2, 0) is 15.0 Å². The molecule has 1 aromatic rings. The summed E-state index contributed by atoms with van der Waals surface area (Å²) in [6.45, 7) is 3.29. The number of likely N-dealkylation sites (tertiary alicyclic amines) is 1. The van der Waals surface area contributed by atoms with Crippen molar-refractivity contribution in [3.8, 4) is 0 Å². The van der Waals surface area contributed by atoms with Gasteiger partial charge < -0.3 is 4.90 Å². The number of carbonyl (C=O) groups is 1. The van der Waals surface area contributed by atoms with Crippen molar-refractivity contribution < 1.29 is 22.0 Å². The van der Waals surface area contributed by atoms with Crippen LogP contribution >= 0.6 is 0 Å². The van der Waals surface area contributed by atoms with Crippen LogP contribution in [0.4, 0.5) is 20.3 Å². The standard InChI is InChI=1S/C22H26F2N4O3S/c1-21(5-6-21)20(29)27-10-14-7-13(8-15(14)11-27)17-3-4-18-19(25-17)26(2)32(30,31)28(18)12-16-9-22(16,23)24/h3-4,7,14-16H,5-6,8-12H2,1-2H3. The van der Waals surface area contributed by atoms with E-state index < -0.39 is 22.0 Å². The van der Waals surface area contributed by atoms with Gasteiger partial charge in [-0.1, -0.05) is 13.0 Å². The van der Waals surface area contributed by atoms with Crippen molar-refractivity contribution in [1.29, 1.82) is 0 Å². The van der Waals surface area contributed by atoms with Crippen LogP contribution in [0, 0.1) is 23.2 Å². The van der Waals surface area contributed by atoms with Gasteiger partial charge in [-0.05, 0) is 48.8 Å². The van der Waals surface area contributed by atoms with Crippen molar-refractivity contribution in [1.82, 2.24) is 9.88 Å². The number of nitrogens with zero attached hydrogens (tertiary/aromatic N) is 4. The summed E-state index contributed by atoms with van der Waals surface area (Å²) in [6.07, 6.45) is 4.64. The molecule has 3 fully saturated rings. The molecule has 0 aromatic carbocycles. The minimum atomic E-state index is -3.90. The predicted octanol–water partition coefficient (Wildman–Crippen LogP) is 2.90. The van der Waals surface area contributed by atoms with Gasteiger partial charge in [0.25, 0.3) is 5.92 Å². The lowest BCUT2D eigenvalue weighted by atomic mass is 9.99. The van der Waals surface area contributed by atoms with E-state index in [-0.39, 0.29) is 30.1 Å². The van der Waals surface area contributed by atoms with Crippen LogP contribution in [0.3, 0.4) is 0 Å². The predicted molar refractivity (Wildman–Crippen MR) is 115 cm³/mol. The molecule has 0 bridgehead atoms. The molecule has 0 spiro atoms. The molecule has 3 heterocycles. The SMILES string of the molecule is CN1c2nc(C3=CC4CN(C(=O)C5(C)CC5)CC4C3)ccc2N(CC2CC2(F)F)S1(=O)=O. The molecule has 3 aliphatic carbocycles. The maximum atomic E-state index is 13.4. The Morgan fingerprint density at radius 1 is 1.25 bits per heavy atom. The maximum absolute atomic E-state index is 13.4. The smallest absolute Gasteiger partial charge is 0.327 e. The quantitative estimate of drug-likeness (QED) is 0.687. The Bertz CT molecular complexity index is 1160. The Morgan fingerprint density at radius 2 is 1.97 bits per heavy atom. The molecular weight excluding hydrogens is 438 g/mol. The fraction of sp³-hybridized carbons (Fsp3) is 0.636. The number of hydrogen-bond donors (Lipinski definition) is 0. The minimum Gasteiger partial charge on any atom is -0.341 e. The molecular formula is C22H26F2N4O3S. The van der Waals surface area contributed by atoms with Crippen LogP contribution in [-0.4, -0.2) is 56.8 Å². The Kier molecular flexibility index (Phi) is 3.96. The second-order valence-corrected chi connectivity index (χ2v) is 12.2. The van der Waals surface area contributed by atoms with Gasteiger partial charge in [-0.2, -0.15) is 8.42 Å². The van der Waals surface area contributed by atoms with E-state index in [1.807, 2.05) is 11.8 Å². The normalized spacial score (nSPS) is 32.6. The molecule has 3 atom stereocenters. The number of pyridine rings is 1. The Labute approximate surface area is 186 Å². The van der Waals surface area contributed by atoms with E-state index in [0.29, 0.717) is 23.2 Å². The molecule has 172 valence electrons. The van der Waals surface area contributed by atoms with Gasteiger partial charge in [-0.25, -0.2) is 22.4 Å². The van der Waals surface area contributed by atoms with Crippen LogP contribution in [0.1, 0.15) is 38.3 Å². The minimum absolute atomic E-state index is 0.154. The van der Waals surface area contributed by atoms with Gasteiger partial charge in [0.15, 0.2) is 5.82 Å². The van der Waals surface area contributed by atoms with Crippen molar-refractivity contribution >= 4 is 33.2 Å². The van der Waals surface area contributed by atoms with E-state index >= 15 is 0 Å². The van der Waals surface area contributed by atoms with Gasteiger partial charge in [0.2, 0.25) is 5.91 Å². The van der Waals surface area contributed by atoms with Gasteiger partial charge in [0, 0.05) is 44.4 Å². The van der Waals surface area contributed by atoms with Gasteiger partial charge in [0.05, 0.1) is 11.4 Å².